The fourth-order valence-electron chi connectivity index (χ4n) is 11.4. The topological polar surface area (TPSA) is 23.0 Å². The molecule has 15 rings (SSSR count). The molecule has 0 aliphatic heterocycles. The fourth-order valence-corrected chi connectivity index (χ4v) is 11.4. The van der Waals surface area contributed by atoms with Crippen LogP contribution in [-0.4, -0.2) is 9.13 Å². The molecule has 3 heterocycles. The smallest absolute Gasteiger partial charge is 0.135 e. The highest BCUT2D eigenvalue weighted by Crippen LogP contribution is 2.46. The van der Waals surface area contributed by atoms with Gasteiger partial charge in [-0.3, -0.25) is 0 Å². The zero-order chi connectivity index (χ0) is 42.3. The second-order valence-corrected chi connectivity index (χ2v) is 17.6. The normalized spacial score (nSPS) is 12.3. The van der Waals surface area contributed by atoms with Gasteiger partial charge in [0, 0.05) is 49.1 Å². The van der Waals surface area contributed by atoms with Crippen molar-refractivity contribution in [3.63, 3.8) is 0 Å². The lowest BCUT2D eigenvalue weighted by atomic mass is 9.90. The minimum Gasteiger partial charge on any atom is -0.456 e. The molecular weight excluding hydrogens is 789 g/mol. The maximum atomic E-state index is 6.32. The average molecular weight is 825 g/mol. The number of benzene rings is 12. The molecule has 65 heavy (non-hydrogen) atoms. The van der Waals surface area contributed by atoms with Gasteiger partial charge in [0.15, 0.2) is 0 Å². The first-order valence-electron chi connectivity index (χ1n) is 22.4. The van der Waals surface area contributed by atoms with Crippen molar-refractivity contribution in [3.8, 4) is 22.5 Å². The third-order valence-electron chi connectivity index (χ3n) is 14.2. The van der Waals surface area contributed by atoms with Gasteiger partial charge in [0.1, 0.15) is 11.2 Å². The summed E-state index contributed by atoms with van der Waals surface area (Å²) in [7, 11) is 0. The predicted octanol–water partition coefficient (Wildman–Crippen LogP) is 17.2. The first kappa shape index (κ1) is 34.9. The third-order valence-corrected chi connectivity index (χ3v) is 14.2. The number of hydrogen-bond acceptors (Lipinski definition) is 1. The molecule has 0 N–H and O–H groups in total. The average Bonchev–Trinajstić information content (AvgIpc) is 4.03. The number of hydrogen-bond donors (Lipinski definition) is 0. The quantitative estimate of drug-likeness (QED) is 0.163. The van der Waals surface area contributed by atoms with Crippen LogP contribution in [0, 0.1) is 0 Å². The minimum atomic E-state index is 0.896. The van der Waals surface area contributed by atoms with E-state index in [1.807, 2.05) is 6.07 Å². The number of rotatable bonds is 3. The molecule has 15 aromatic rings. The highest BCUT2D eigenvalue weighted by Gasteiger charge is 2.22. The number of para-hydroxylation sites is 3. The number of fused-ring (bicyclic) bond motifs is 20. The van der Waals surface area contributed by atoms with Crippen LogP contribution < -0.4 is 0 Å². The SMILES string of the molecule is c1ccc(-n2c3ccccc3c3cc4c5cc(-c6ccc7c(c6)c6c8ccccc8c8ccccc8c6n7-c6ccc7oc8ccccc8c7c6)ccc5c5ccccc5c4cc32)cc1. The Morgan fingerprint density at radius 2 is 0.785 bits per heavy atom. The highest BCUT2D eigenvalue weighted by molar-refractivity contribution is 6.33. The van der Waals surface area contributed by atoms with Crippen molar-refractivity contribution in [2.24, 2.45) is 0 Å². The van der Waals surface area contributed by atoms with Gasteiger partial charge in [-0.25, -0.2) is 0 Å². The number of furan rings is 1. The summed E-state index contributed by atoms with van der Waals surface area (Å²) in [4.78, 5) is 0. The highest BCUT2D eigenvalue weighted by atomic mass is 16.3. The number of aromatic nitrogens is 2. The molecule has 0 saturated heterocycles. The van der Waals surface area contributed by atoms with Crippen molar-refractivity contribution < 1.29 is 4.42 Å². The molecule has 0 unspecified atom stereocenters. The van der Waals surface area contributed by atoms with Crippen LogP contribution in [0.5, 0.6) is 0 Å². The molecule has 3 aromatic heterocycles. The van der Waals surface area contributed by atoms with E-state index in [0.717, 1.165) is 27.6 Å². The lowest BCUT2D eigenvalue weighted by molar-refractivity contribution is 0.669. The molecule has 0 atom stereocenters. The van der Waals surface area contributed by atoms with Gasteiger partial charge in [-0.1, -0.05) is 146 Å². The van der Waals surface area contributed by atoms with Crippen molar-refractivity contribution >= 4 is 119 Å². The van der Waals surface area contributed by atoms with E-state index < -0.39 is 0 Å². The second kappa shape index (κ2) is 12.9. The summed E-state index contributed by atoms with van der Waals surface area (Å²) in [5.41, 5.74) is 11.3. The lowest BCUT2D eigenvalue weighted by Gasteiger charge is -2.14. The molecule has 300 valence electrons. The monoisotopic (exact) mass is 824 g/mol. The molecule has 0 radical (unpaired) electrons. The van der Waals surface area contributed by atoms with E-state index in [1.54, 1.807) is 0 Å². The van der Waals surface area contributed by atoms with Gasteiger partial charge in [0.2, 0.25) is 0 Å². The molecule has 0 saturated carbocycles. The molecule has 0 spiro atoms. The van der Waals surface area contributed by atoms with E-state index >= 15 is 0 Å². The summed E-state index contributed by atoms with van der Waals surface area (Å²) in [5, 5.41) is 19.9. The van der Waals surface area contributed by atoms with Gasteiger partial charge in [-0.05, 0) is 132 Å². The van der Waals surface area contributed by atoms with Gasteiger partial charge in [-0.15, -0.1) is 0 Å². The molecule has 12 aromatic carbocycles. The molecule has 0 fully saturated rings. The predicted molar refractivity (Wildman–Crippen MR) is 275 cm³/mol. The van der Waals surface area contributed by atoms with Crippen molar-refractivity contribution in [1.82, 2.24) is 9.13 Å². The first-order valence-corrected chi connectivity index (χ1v) is 22.4. The fraction of sp³-hybridized carbons (Fsp3) is 0. The van der Waals surface area contributed by atoms with E-state index in [9.17, 15) is 0 Å². The van der Waals surface area contributed by atoms with E-state index in [0.29, 0.717) is 0 Å². The summed E-state index contributed by atoms with van der Waals surface area (Å²) < 4.78 is 11.2. The molecule has 3 heteroatoms. The van der Waals surface area contributed by atoms with Crippen molar-refractivity contribution in [2.75, 3.05) is 0 Å². The Morgan fingerprint density at radius 1 is 0.246 bits per heavy atom. The Bertz CT molecular complexity index is 4530. The van der Waals surface area contributed by atoms with Crippen LogP contribution >= 0.6 is 0 Å². The summed E-state index contributed by atoms with van der Waals surface area (Å²) in [6, 6.07) is 80.5. The van der Waals surface area contributed by atoms with Crippen LogP contribution in [0.1, 0.15) is 0 Å². The zero-order valence-electron chi connectivity index (χ0n) is 35.1. The van der Waals surface area contributed by atoms with Crippen LogP contribution in [-0.2, 0) is 0 Å². The number of nitrogens with zero attached hydrogens (tertiary/aromatic N) is 2. The molecule has 0 aliphatic carbocycles. The Morgan fingerprint density at radius 3 is 1.58 bits per heavy atom. The molecule has 0 aliphatic rings. The maximum absolute atomic E-state index is 6.32. The van der Waals surface area contributed by atoms with E-state index in [1.165, 1.54) is 114 Å². The van der Waals surface area contributed by atoms with Crippen molar-refractivity contribution in [3.05, 3.63) is 218 Å². The standard InChI is InChI=1S/C62H36N2O/c1-2-14-39(15-3-1)63-56-24-12-10-20-46(56)53-35-51-50-32-37(26-29-45(50)41-16-4-5-19-44(41)52(51)36-58(53)63)38-27-30-57-55(33-38)61-48-22-8-6-17-42(48)43-18-7-9-23-49(43)62(61)64(57)40-28-31-60-54(34-40)47-21-11-13-25-59(47)65-60/h1-36H. The van der Waals surface area contributed by atoms with Crippen LogP contribution in [0.4, 0.5) is 0 Å². The van der Waals surface area contributed by atoms with Gasteiger partial charge in [-0.2, -0.15) is 0 Å². The van der Waals surface area contributed by atoms with Gasteiger partial charge >= 0.3 is 0 Å². The third kappa shape index (κ3) is 4.79. The lowest BCUT2D eigenvalue weighted by Crippen LogP contribution is -1.95. The van der Waals surface area contributed by atoms with Crippen molar-refractivity contribution in [1.29, 1.82) is 0 Å². The zero-order valence-corrected chi connectivity index (χ0v) is 35.1. The van der Waals surface area contributed by atoms with Crippen LogP contribution in [0.3, 0.4) is 0 Å². The minimum absolute atomic E-state index is 0.896. The molecule has 0 amide bonds. The summed E-state index contributed by atoms with van der Waals surface area (Å²) in [6.07, 6.45) is 0. The molecule has 0 bridgehead atoms. The van der Waals surface area contributed by atoms with Crippen molar-refractivity contribution in [2.45, 2.75) is 0 Å². The summed E-state index contributed by atoms with van der Waals surface area (Å²) in [5.74, 6) is 0. The molecule has 3 nitrogen and oxygen atoms in total. The summed E-state index contributed by atoms with van der Waals surface area (Å²) >= 11 is 0. The van der Waals surface area contributed by atoms with Gasteiger partial charge < -0.3 is 13.6 Å². The largest absolute Gasteiger partial charge is 0.456 e. The van der Waals surface area contributed by atoms with E-state index in [4.69, 9.17) is 4.42 Å². The second-order valence-electron chi connectivity index (χ2n) is 17.6. The first-order chi connectivity index (χ1) is 32.2. The van der Waals surface area contributed by atoms with Gasteiger partial charge in [0.05, 0.1) is 22.1 Å². The molecular formula is C62H36N2O. The maximum Gasteiger partial charge on any atom is 0.135 e. The van der Waals surface area contributed by atoms with E-state index in [-0.39, 0.29) is 0 Å². The van der Waals surface area contributed by atoms with Crippen LogP contribution in [0.15, 0.2) is 223 Å². The Labute approximate surface area is 372 Å². The van der Waals surface area contributed by atoms with Crippen LogP contribution in [0.25, 0.3) is 142 Å². The Kier molecular flexibility index (Phi) is 6.95. The van der Waals surface area contributed by atoms with Crippen LogP contribution in [0.2, 0.25) is 0 Å². The van der Waals surface area contributed by atoms with E-state index in [2.05, 4.69) is 221 Å². The van der Waals surface area contributed by atoms with Gasteiger partial charge in [0.25, 0.3) is 0 Å². The Hall–Kier alpha value is -8.66. The Balaban J connectivity index is 1.02. The summed E-state index contributed by atoms with van der Waals surface area (Å²) in [6.45, 7) is 0.